The second kappa shape index (κ2) is 11.1. The van der Waals surface area contributed by atoms with Crippen LogP contribution in [0.4, 0.5) is 4.39 Å². The summed E-state index contributed by atoms with van der Waals surface area (Å²) in [5.74, 6) is -1.83. The van der Waals surface area contributed by atoms with Gasteiger partial charge in [-0.05, 0) is 42.7 Å². The maximum Gasteiger partial charge on any atom is 0.268 e. The number of aromatic amines is 1. The summed E-state index contributed by atoms with van der Waals surface area (Å²) in [6, 6.07) is 7.80. The monoisotopic (exact) mass is 527 g/mol. The Kier molecular flexibility index (Phi) is 7.87. The fourth-order valence-electron chi connectivity index (χ4n) is 4.72. The van der Waals surface area contributed by atoms with E-state index in [0.717, 1.165) is 0 Å². The van der Waals surface area contributed by atoms with Crippen LogP contribution in [0.1, 0.15) is 42.7 Å². The minimum Gasteiger partial charge on any atom is -0.349 e. The molecule has 0 radical (unpaired) electrons. The fraction of sp³-hybridized carbons (Fsp3) is 0.346. The van der Waals surface area contributed by atoms with E-state index in [1.54, 1.807) is 29.2 Å². The third kappa shape index (κ3) is 6.14. The summed E-state index contributed by atoms with van der Waals surface area (Å²) in [6.45, 7) is 3.35. The minimum absolute atomic E-state index is 0.158. The molecule has 3 heterocycles. The number of carbonyl (C=O) groups excluding carboxylic acids is 4. The van der Waals surface area contributed by atoms with Gasteiger partial charge in [-0.2, -0.15) is 0 Å². The lowest BCUT2D eigenvalue weighted by atomic mass is 9.99. The maximum atomic E-state index is 13.5. The summed E-state index contributed by atoms with van der Waals surface area (Å²) in [4.78, 5) is 60.3. The van der Waals surface area contributed by atoms with E-state index in [2.05, 4.69) is 15.3 Å². The van der Waals surface area contributed by atoms with Gasteiger partial charge in [-0.25, -0.2) is 9.37 Å². The molecule has 1 saturated heterocycles. The number of hydrogen-bond donors (Lipinski definition) is 2. The molecule has 4 amide bonds. The van der Waals surface area contributed by atoms with E-state index in [1.807, 2.05) is 0 Å². The Labute approximate surface area is 218 Å². The van der Waals surface area contributed by atoms with Crippen molar-refractivity contribution in [2.24, 2.45) is 0 Å². The molecule has 1 aromatic carbocycles. The van der Waals surface area contributed by atoms with Crippen molar-refractivity contribution in [2.75, 3.05) is 13.1 Å². The van der Waals surface area contributed by atoms with Crippen molar-refractivity contribution in [2.45, 2.75) is 45.2 Å². The fourth-order valence-corrected chi connectivity index (χ4v) is 4.89. The molecule has 9 nitrogen and oxygen atoms in total. The van der Waals surface area contributed by atoms with Gasteiger partial charge in [0, 0.05) is 44.8 Å². The molecular formula is C26H27ClFN5O4. The Morgan fingerprint density at radius 3 is 2.41 bits per heavy atom. The van der Waals surface area contributed by atoms with Crippen molar-refractivity contribution in [3.8, 4) is 0 Å². The molecule has 1 atom stereocenters. The predicted octanol–water partition coefficient (Wildman–Crippen LogP) is 3.08. The summed E-state index contributed by atoms with van der Waals surface area (Å²) < 4.78 is 13.4. The van der Waals surface area contributed by atoms with Crippen LogP contribution in [0.15, 0.2) is 42.6 Å². The number of halogens is 2. The standard InChI is InChI=1S/C26H27ClFN5O4/c1-15(34)33(16(2)35)20-7-9-32(10-8-20)26(37)22(11-17-3-5-19(28)6-4-17)31-25(36)21-12-18-13-24(27)29-14-23(18)30-21/h3-6,12-14,20,22,30H,7-11H2,1-2H3,(H,31,36)/t22-/m0/s1. The lowest BCUT2D eigenvalue weighted by Gasteiger charge is -2.38. The van der Waals surface area contributed by atoms with Gasteiger partial charge in [0.05, 0.1) is 11.7 Å². The number of benzene rings is 1. The van der Waals surface area contributed by atoms with Crippen LogP contribution in [0.5, 0.6) is 0 Å². The highest BCUT2D eigenvalue weighted by Gasteiger charge is 2.33. The number of rotatable bonds is 6. The van der Waals surface area contributed by atoms with Crippen LogP contribution in [-0.4, -0.2) is 68.6 Å². The molecule has 3 aromatic rings. The molecule has 1 fully saturated rings. The van der Waals surface area contributed by atoms with E-state index in [1.165, 1.54) is 37.1 Å². The molecule has 2 N–H and O–H groups in total. The second-order valence-corrected chi connectivity index (χ2v) is 9.49. The van der Waals surface area contributed by atoms with Crippen LogP contribution < -0.4 is 5.32 Å². The molecule has 0 bridgehead atoms. The molecule has 2 aromatic heterocycles. The molecule has 4 rings (SSSR count). The lowest BCUT2D eigenvalue weighted by molar-refractivity contribution is -0.146. The van der Waals surface area contributed by atoms with Crippen molar-refractivity contribution in [1.82, 2.24) is 25.1 Å². The average Bonchev–Trinajstić information content (AvgIpc) is 3.28. The Morgan fingerprint density at radius 2 is 1.78 bits per heavy atom. The number of H-pyrrole nitrogens is 1. The SMILES string of the molecule is CC(=O)N(C(C)=O)C1CCN(C(=O)[C@H](Cc2ccc(F)cc2)NC(=O)c2cc3cc(Cl)ncc3[nH]2)CC1. The molecule has 0 unspecified atom stereocenters. The Bertz CT molecular complexity index is 1320. The van der Waals surface area contributed by atoms with Crippen LogP contribution in [-0.2, 0) is 20.8 Å². The molecule has 1 aliphatic heterocycles. The highest BCUT2D eigenvalue weighted by Crippen LogP contribution is 2.20. The average molecular weight is 528 g/mol. The Morgan fingerprint density at radius 1 is 1.14 bits per heavy atom. The molecule has 0 aliphatic carbocycles. The van der Waals surface area contributed by atoms with Gasteiger partial charge in [-0.3, -0.25) is 24.1 Å². The number of pyridine rings is 1. The van der Waals surface area contributed by atoms with Crippen molar-refractivity contribution in [3.63, 3.8) is 0 Å². The van der Waals surface area contributed by atoms with E-state index in [0.29, 0.717) is 47.6 Å². The summed E-state index contributed by atoms with van der Waals surface area (Å²) >= 11 is 5.94. The van der Waals surface area contributed by atoms with E-state index < -0.39 is 17.8 Å². The highest BCUT2D eigenvalue weighted by molar-refractivity contribution is 6.30. The molecule has 11 heteroatoms. The first-order valence-electron chi connectivity index (χ1n) is 11.9. The van der Waals surface area contributed by atoms with Gasteiger partial charge in [-0.1, -0.05) is 23.7 Å². The lowest BCUT2D eigenvalue weighted by Crippen LogP contribution is -2.54. The van der Waals surface area contributed by atoms with Gasteiger partial charge in [0.25, 0.3) is 5.91 Å². The second-order valence-electron chi connectivity index (χ2n) is 9.10. The van der Waals surface area contributed by atoms with Gasteiger partial charge in [0.2, 0.25) is 17.7 Å². The highest BCUT2D eigenvalue weighted by atomic mass is 35.5. The van der Waals surface area contributed by atoms with Crippen molar-refractivity contribution in [3.05, 3.63) is 64.8 Å². The van der Waals surface area contributed by atoms with Crippen LogP contribution in [0.2, 0.25) is 5.15 Å². The first-order chi connectivity index (χ1) is 17.6. The summed E-state index contributed by atoms with van der Waals surface area (Å²) in [5.41, 5.74) is 1.55. The van der Waals surface area contributed by atoms with Crippen LogP contribution in [0.3, 0.4) is 0 Å². The summed E-state index contributed by atoms with van der Waals surface area (Å²) in [5, 5.41) is 3.81. The number of nitrogens with one attached hydrogen (secondary N) is 2. The van der Waals surface area contributed by atoms with Crippen LogP contribution in [0.25, 0.3) is 10.9 Å². The molecule has 1 aliphatic rings. The third-order valence-corrected chi connectivity index (χ3v) is 6.70. The number of nitrogens with zero attached hydrogens (tertiary/aromatic N) is 3. The van der Waals surface area contributed by atoms with E-state index in [9.17, 15) is 23.6 Å². The first-order valence-corrected chi connectivity index (χ1v) is 12.3. The number of fused-ring (bicyclic) bond motifs is 1. The molecule has 37 heavy (non-hydrogen) atoms. The molecular weight excluding hydrogens is 501 g/mol. The molecule has 0 spiro atoms. The van der Waals surface area contributed by atoms with Crippen molar-refractivity contribution in [1.29, 1.82) is 0 Å². The smallest absolute Gasteiger partial charge is 0.268 e. The van der Waals surface area contributed by atoms with Crippen molar-refractivity contribution < 1.29 is 23.6 Å². The van der Waals surface area contributed by atoms with Gasteiger partial charge in [-0.15, -0.1) is 0 Å². The number of aromatic nitrogens is 2. The van der Waals surface area contributed by atoms with E-state index in [-0.39, 0.29) is 35.9 Å². The normalized spacial score (nSPS) is 14.9. The number of piperidine rings is 1. The quantitative estimate of drug-likeness (QED) is 0.478. The zero-order chi connectivity index (χ0) is 26.7. The topological polar surface area (TPSA) is 115 Å². The van der Waals surface area contributed by atoms with Crippen LogP contribution in [0, 0.1) is 5.82 Å². The largest absolute Gasteiger partial charge is 0.349 e. The van der Waals surface area contributed by atoms with Gasteiger partial charge in [0.15, 0.2) is 0 Å². The van der Waals surface area contributed by atoms with Gasteiger partial charge in [0.1, 0.15) is 22.7 Å². The maximum absolute atomic E-state index is 13.5. The van der Waals surface area contributed by atoms with Gasteiger partial charge >= 0.3 is 0 Å². The Hall–Kier alpha value is -3.79. The molecule has 194 valence electrons. The number of amides is 4. The summed E-state index contributed by atoms with van der Waals surface area (Å²) in [7, 11) is 0. The van der Waals surface area contributed by atoms with E-state index in [4.69, 9.17) is 11.6 Å². The third-order valence-electron chi connectivity index (χ3n) is 6.49. The molecule has 0 saturated carbocycles. The predicted molar refractivity (Wildman–Crippen MR) is 135 cm³/mol. The van der Waals surface area contributed by atoms with Gasteiger partial charge < -0.3 is 15.2 Å². The van der Waals surface area contributed by atoms with Crippen LogP contribution >= 0.6 is 11.6 Å². The minimum atomic E-state index is -0.917. The first kappa shape index (κ1) is 26.3. The number of carbonyl (C=O) groups is 4. The Balaban J connectivity index is 1.51. The number of hydrogen-bond acceptors (Lipinski definition) is 5. The zero-order valence-electron chi connectivity index (χ0n) is 20.5. The number of imide groups is 1. The zero-order valence-corrected chi connectivity index (χ0v) is 21.2. The number of likely N-dealkylation sites (tertiary alicyclic amines) is 1. The van der Waals surface area contributed by atoms with E-state index >= 15 is 0 Å². The van der Waals surface area contributed by atoms with Crippen molar-refractivity contribution >= 4 is 46.1 Å². The summed E-state index contributed by atoms with van der Waals surface area (Å²) in [6.07, 6.45) is 2.56.